The summed E-state index contributed by atoms with van der Waals surface area (Å²) in [7, 11) is 0. The molecule has 2 rings (SSSR count). The summed E-state index contributed by atoms with van der Waals surface area (Å²) in [6.45, 7) is 3.56. The maximum absolute atomic E-state index is 12.0. The molecule has 0 spiro atoms. The first-order valence-corrected chi connectivity index (χ1v) is 7.96. The highest BCUT2D eigenvalue weighted by Crippen LogP contribution is 2.03. The van der Waals surface area contributed by atoms with Gasteiger partial charge in [0.1, 0.15) is 0 Å². The van der Waals surface area contributed by atoms with Crippen LogP contribution in [0.4, 0.5) is 0 Å². The minimum atomic E-state index is -0.381. The molecule has 0 aliphatic heterocycles. The molecule has 5 heteroatoms. The fourth-order valence-corrected chi connectivity index (χ4v) is 2.06. The van der Waals surface area contributed by atoms with Gasteiger partial charge in [0.05, 0.1) is 12.3 Å². The van der Waals surface area contributed by atoms with Gasteiger partial charge < -0.3 is 5.32 Å². The Balaban J connectivity index is 1.79. The van der Waals surface area contributed by atoms with E-state index in [0.717, 1.165) is 11.1 Å². The Morgan fingerprint density at radius 3 is 2.56 bits per heavy atom. The second kappa shape index (κ2) is 9.17. The van der Waals surface area contributed by atoms with Crippen molar-refractivity contribution in [1.82, 2.24) is 10.7 Å². The molecule has 5 nitrogen and oxygen atoms in total. The molecule has 0 saturated heterocycles. The molecule has 0 heterocycles. The number of hydrazone groups is 1. The lowest BCUT2D eigenvalue weighted by molar-refractivity contribution is -0.120. The molecule has 2 amide bonds. The molecule has 0 atom stereocenters. The fourth-order valence-electron chi connectivity index (χ4n) is 2.06. The van der Waals surface area contributed by atoms with E-state index < -0.39 is 0 Å². The van der Waals surface area contributed by atoms with Gasteiger partial charge >= 0.3 is 0 Å². The third-order valence-corrected chi connectivity index (χ3v) is 3.36. The number of allylic oxidation sites excluding steroid dienone is 1. The average Bonchev–Trinajstić information content (AvgIpc) is 2.63. The van der Waals surface area contributed by atoms with Gasteiger partial charge in [0, 0.05) is 5.56 Å². The highest BCUT2D eigenvalue weighted by Gasteiger charge is 2.07. The molecule has 0 saturated carbocycles. The van der Waals surface area contributed by atoms with E-state index in [1.807, 2.05) is 49.4 Å². The zero-order valence-electron chi connectivity index (χ0n) is 14.3. The van der Waals surface area contributed by atoms with E-state index in [0.29, 0.717) is 11.3 Å². The van der Waals surface area contributed by atoms with E-state index in [2.05, 4.69) is 15.8 Å². The Morgan fingerprint density at radius 1 is 1.08 bits per heavy atom. The zero-order valence-corrected chi connectivity index (χ0v) is 14.3. The van der Waals surface area contributed by atoms with Crippen LogP contribution in [0.3, 0.4) is 0 Å². The van der Waals surface area contributed by atoms with Crippen LogP contribution >= 0.6 is 0 Å². The van der Waals surface area contributed by atoms with Gasteiger partial charge in [0.2, 0.25) is 0 Å². The van der Waals surface area contributed by atoms with Gasteiger partial charge in [-0.2, -0.15) is 5.10 Å². The second-order valence-electron chi connectivity index (χ2n) is 5.58. The Hall–Kier alpha value is -3.21. The van der Waals surface area contributed by atoms with E-state index in [4.69, 9.17) is 0 Å². The predicted molar refractivity (Wildman–Crippen MR) is 100 cm³/mol. The topological polar surface area (TPSA) is 70.6 Å². The molecule has 2 N–H and O–H groups in total. The van der Waals surface area contributed by atoms with Crippen molar-refractivity contribution in [1.29, 1.82) is 0 Å². The monoisotopic (exact) mass is 335 g/mol. The second-order valence-corrected chi connectivity index (χ2v) is 5.58. The molecular formula is C20H21N3O2. The molecular weight excluding hydrogens is 314 g/mol. The number of hydrogen-bond donors (Lipinski definition) is 2. The molecule has 0 bridgehead atoms. The van der Waals surface area contributed by atoms with Gasteiger partial charge in [0.15, 0.2) is 0 Å². The number of benzene rings is 2. The first-order valence-electron chi connectivity index (χ1n) is 7.96. The standard InChI is InChI=1S/C20H21N3O2/c1-15-7-6-10-18(13-15)20(25)21-14-19(24)23-22-16(2)11-12-17-8-4-3-5-9-17/h3-13H,14H2,1-2H3,(H,21,25)(H,23,24). The summed E-state index contributed by atoms with van der Waals surface area (Å²) >= 11 is 0. The SMILES string of the molecule is CC(C=Cc1ccccc1)=NNC(=O)CNC(=O)c1cccc(C)c1. The number of nitrogens with one attached hydrogen (secondary N) is 2. The third kappa shape index (κ3) is 6.43. The van der Waals surface area contributed by atoms with Crippen LogP contribution in [0.15, 0.2) is 65.8 Å². The quantitative estimate of drug-likeness (QED) is 0.629. The lowest BCUT2D eigenvalue weighted by atomic mass is 10.1. The maximum Gasteiger partial charge on any atom is 0.259 e. The molecule has 0 radical (unpaired) electrons. The number of hydrogen-bond acceptors (Lipinski definition) is 3. The van der Waals surface area contributed by atoms with Crippen molar-refractivity contribution in [2.45, 2.75) is 13.8 Å². The molecule has 0 unspecified atom stereocenters. The fraction of sp³-hybridized carbons (Fsp3) is 0.150. The van der Waals surface area contributed by atoms with Crippen molar-refractivity contribution in [3.05, 3.63) is 77.4 Å². The molecule has 0 fully saturated rings. The van der Waals surface area contributed by atoms with E-state index in [1.54, 1.807) is 31.2 Å². The molecule has 128 valence electrons. The van der Waals surface area contributed by atoms with Gasteiger partial charge in [-0.15, -0.1) is 0 Å². The Morgan fingerprint density at radius 2 is 1.84 bits per heavy atom. The predicted octanol–water partition coefficient (Wildman–Crippen LogP) is 2.93. The number of aryl methyl sites for hydroxylation is 1. The van der Waals surface area contributed by atoms with Crippen molar-refractivity contribution < 1.29 is 9.59 Å². The van der Waals surface area contributed by atoms with E-state index in [1.165, 1.54) is 0 Å². The van der Waals surface area contributed by atoms with E-state index in [9.17, 15) is 9.59 Å². The molecule has 0 aliphatic carbocycles. The van der Waals surface area contributed by atoms with E-state index >= 15 is 0 Å². The summed E-state index contributed by atoms with van der Waals surface area (Å²) in [6, 6.07) is 17.0. The minimum Gasteiger partial charge on any atom is -0.343 e. The highest BCUT2D eigenvalue weighted by atomic mass is 16.2. The highest BCUT2D eigenvalue weighted by molar-refractivity contribution is 5.98. The maximum atomic E-state index is 12.0. The number of amides is 2. The number of nitrogens with zero attached hydrogens (tertiary/aromatic N) is 1. The summed E-state index contributed by atoms with van der Waals surface area (Å²) in [5.74, 6) is -0.669. The largest absolute Gasteiger partial charge is 0.343 e. The van der Waals surface area contributed by atoms with Gasteiger partial charge in [-0.25, -0.2) is 5.43 Å². The molecule has 2 aromatic rings. The van der Waals surface area contributed by atoms with Crippen molar-refractivity contribution in [2.24, 2.45) is 5.10 Å². The van der Waals surface area contributed by atoms with Crippen molar-refractivity contribution in [3.8, 4) is 0 Å². The van der Waals surface area contributed by atoms with Crippen molar-refractivity contribution in [3.63, 3.8) is 0 Å². The van der Waals surface area contributed by atoms with Crippen LogP contribution in [0, 0.1) is 6.92 Å². The lowest BCUT2D eigenvalue weighted by Crippen LogP contribution is -2.35. The van der Waals surface area contributed by atoms with Gasteiger partial charge in [-0.1, -0.05) is 54.1 Å². The molecule has 0 aliphatic rings. The van der Waals surface area contributed by atoms with Crippen LogP contribution in [-0.2, 0) is 4.79 Å². The van der Waals surface area contributed by atoms with Crippen LogP contribution in [0.5, 0.6) is 0 Å². The normalized spacial score (nSPS) is 11.4. The number of carbonyl (C=O) groups excluding carboxylic acids is 2. The Bertz CT molecular complexity index is 796. The molecule has 0 aromatic heterocycles. The van der Waals surface area contributed by atoms with Crippen LogP contribution in [0.25, 0.3) is 6.08 Å². The van der Waals surface area contributed by atoms with E-state index in [-0.39, 0.29) is 18.4 Å². The summed E-state index contributed by atoms with van der Waals surface area (Å²) in [6.07, 6.45) is 3.71. The van der Waals surface area contributed by atoms with Crippen LogP contribution < -0.4 is 10.7 Å². The van der Waals surface area contributed by atoms with Gasteiger partial charge in [-0.05, 0) is 37.6 Å². The van der Waals surface area contributed by atoms with Gasteiger partial charge in [0.25, 0.3) is 11.8 Å². The molecule has 25 heavy (non-hydrogen) atoms. The summed E-state index contributed by atoms with van der Waals surface area (Å²) in [4.78, 5) is 23.7. The molecule has 2 aromatic carbocycles. The third-order valence-electron chi connectivity index (χ3n) is 3.36. The van der Waals surface area contributed by atoms with Crippen molar-refractivity contribution >= 4 is 23.6 Å². The first-order chi connectivity index (χ1) is 12.0. The summed E-state index contributed by atoms with van der Waals surface area (Å²) < 4.78 is 0. The number of rotatable bonds is 6. The average molecular weight is 335 g/mol. The Kier molecular flexibility index (Phi) is 6.65. The Labute approximate surface area is 147 Å². The van der Waals surface area contributed by atoms with Crippen LogP contribution in [0.2, 0.25) is 0 Å². The first kappa shape index (κ1) is 18.1. The number of carbonyl (C=O) groups is 2. The van der Waals surface area contributed by atoms with Crippen LogP contribution in [0.1, 0.15) is 28.4 Å². The zero-order chi connectivity index (χ0) is 18.1. The minimum absolute atomic E-state index is 0.133. The van der Waals surface area contributed by atoms with Crippen LogP contribution in [-0.4, -0.2) is 24.1 Å². The lowest BCUT2D eigenvalue weighted by Gasteiger charge is -2.05. The summed E-state index contributed by atoms with van der Waals surface area (Å²) in [5, 5.41) is 6.55. The summed E-state index contributed by atoms with van der Waals surface area (Å²) in [5.41, 5.74) is 5.64. The van der Waals surface area contributed by atoms with Crippen molar-refractivity contribution in [2.75, 3.05) is 6.54 Å². The van der Waals surface area contributed by atoms with Gasteiger partial charge in [-0.3, -0.25) is 9.59 Å². The smallest absolute Gasteiger partial charge is 0.259 e.